The molecule has 2 aromatic heterocycles. The van der Waals surface area contributed by atoms with Crippen LogP contribution in [0.25, 0.3) is 11.0 Å². The summed E-state index contributed by atoms with van der Waals surface area (Å²) in [7, 11) is -2.54. The fraction of sp³-hybridized carbons (Fsp3) is 0.680. The molecule has 0 spiro atoms. The van der Waals surface area contributed by atoms with Gasteiger partial charge in [-0.2, -0.15) is 4.98 Å². The summed E-state index contributed by atoms with van der Waals surface area (Å²) in [5.41, 5.74) is 4.78. The van der Waals surface area contributed by atoms with Crippen molar-refractivity contribution in [2.24, 2.45) is 10.8 Å². The minimum atomic E-state index is -4.03. The number of hydrogen-bond acceptors (Lipinski definition) is 12. The van der Waals surface area contributed by atoms with E-state index in [9.17, 15) is 18.9 Å². The molecule has 0 aliphatic heterocycles. The zero-order valence-electron chi connectivity index (χ0n) is 24.2. The van der Waals surface area contributed by atoms with Gasteiger partial charge in [-0.3, -0.25) is 32.9 Å². The maximum atomic E-state index is 13.4. The van der Waals surface area contributed by atoms with Crippen LogP contribution < -0.4 is 11.3 Å². The van der Waals surface area contributed by atoms with E-state index in [4.69, 9.17) is 24.0 Å². The number of phosphoric acid groups is 1. The van der Waals surface area contributed by atoms with Crippen LogP contribution in [-0.4, -0.2) is 69.3 Å². The number of nitrogens with zero attached hydrogens (tertiary/aromatic N) is 2. The van der Waals surface area contributed by atoms with Gasteiger partial charge in [0.2, 0.25) is 5.95 Å². The van der Waals surface area contributed by atoms with Crippen LogP contribution in [0, 0.1) is 10.8 Å². The van der Waals surface area contributed by atoms with Gasteiger partial charge in [0.25, 0.3) is 5.56 Å². The van der Waals surface area contributed by atoms with Crippen molar-refractivity contribution in [1.82, 2.24) is 14.5 Å². The number of hydrogen-bond donors (Lipinski definition) is 2. The average Bonchev–Trinajstić information content (AvgIpc) is 3.26. The maximum absolute atomic E-state index is 13.4. The van der Waals surface area contributed by atoms with Gasteiger partial charge < -0.3 is 15.0 Å². The topological polar surface area (TPSA) is 165 Å². The molecule has 0 aromatic carbocycles. The van der Waals surface area contributed by atoms with Crippen LogP contribution in [0.15, 0.2) is 17.1 Å². The standard InChI is InChI=1S/C25H41N4O8PS2/c1-24(2,3)21(31)39-14-12-35-38(33,36-13-15-40-22(32)25(4,5)6)37-16-17(34-7)8-10-29-11-9-18-19(29)27-23(26)28-20(18)30/h9,11,17H,8,10,12-16H2,1-7H3,(H3,26,27,28,30)/t17-/m0/s1. The minimum Gasteiger partial charge on any atom is -0.379 e. The third-order valence-electron chi connectivity index (χ3n) is 5.45. The Balaban J connectivity index is 1.99. The highest BCUT2D eigenvalue weighted by molar-refractivity contribution is 8.14. The molecule has 0 bridgehead atoms. The molecule has 1 atom stereocenters. The Morgan fingerprint density at radius 2 is 1.60 bits per heavy atom. The number of nitrogen functional groups attached to an aromatic ring is 1. The summed E-state index contributed by atoms with van der Waals surface area (Å²) in [5.74, 6) is 0.561. The van der Waals surface area contributed by atoms with Crippen LogP contribution in [0.5, 0.6) is 0 Å². The Kier molecular flexibility index (Phi) is 12.9. The lowest BCUT2D eigenvalue weighted by molar-refractivity contribution is -0.118. The lowest BCUT2D eigenvalue weighted by Crippen LogP contribution is -2.21. The second-order valence-electron chi connectivity index (χ2n) is 11.0. The molecule has 40 heavy (non-hydrogen) atoms. The van der Waals surface area contributed by atoms with Crippen molar-refractivity contribution >= 4 is 58.6 Å². The zero-order valence-corrected chi connectivity index (χ0v) is 26.7. The Hall–Kier alpha value is -1.67. The molecule has 0 aliphatic carbocycles. The number of aromatic nitrogens is 3. The smallest absolute Gasteiger partial charge is 0.379 e. The number of fused-ring (bicyclic) bond motifs is 1. The Labute approximate surface area is 243 Å². The highest BCUT2D eigenvalue weighted by atomic mass is 32.2. The van der Waals surface area contributed by atoms with E-state index in [0.717, 1.165) is 23.5 Å². The fourth-order valence-electron chi connectivity index (χ4n) is 3.11. The molecule has 0 aliphatic rings. The number of aryl methyl sites for hydroxylation is 1. The van der Waals surface area contributed by atoms with Crippen LogP contribution in [0.1, 0.15) is 48.0 Å². The van der Waals surface area contributed by atoms with E-state index in [-0.39, 0.29) is 53.1 Å². The van der Waals surface area contributed by atoms with Gasteiger partial charge in [0.15, 0.2) is 10.2 Å². The number of rotatable bonds is 15. The Morgan fingerprint density at radius 1 is 1.05 bits per heavy atom. The van der Waals surface area contributed by atoms with E-state index in [1.165, 1.54) is 7.11 Å². The molecule has 0 saturated heterocycles. The number of thioether (sulfide) groups is 2. The summed E-state index contributed by atoms with van der Waals surface area (Å²) in [5, 5.41) is 0.386. The fourth-order valence-corrected chi connectivity index (χ4v) is 6.13. The highest BCUT2D eigenvalue weighted by Crippen LogP contribution is 2.50. The molecule has 0 amide bonds. The summed E-state index contributed by atoms with van der Waals surface area (Å²) in [6.45, 7) is 11.2. The number of H-pyrrole nitrogens is 1. The molecule has 0 unspecified atom stereocenters. The van der Waals surface area contributed by atoms with Gasteiger partial charge >= 0.3 is 7.82 Å². The number of carbonyl (C=O) groups excluding carboxylic acids is 2. The lowest BCUT2D eigenvalue weighted by atomic mass is 9.99. The van der Waals surface area contributed by atoms with Crippen molar-refractivity contribution < 1.29 is 32.5 Å². The lowest BCUT2D eigenvalue weighted by Gasteiger charge is -2.22. The number of phosphoric ester groups is 1. The Bertz CT molecular complexity index is 1210. The van der Waals surface area contributed by atoms with Crippen LogP contribution in [0.4, 0.5) is 5.95 Å². The van der Waals surface area contributed by atoms with Crippen molar-refractivity contribution in [3.8, 4) is 0 Å². The van der Waals surface area contributed by atoms with E-state index in [2.05, 4.69) is 9.97 Å². The van der Waals surface area contributed by atoms with Gasteiger partial charge in [-0.05, 0) is 12.5 Å². The molecule has 2 heterocycles. The van der Waals surface area contributed by atoms with Gasteiger partial charge in [0.1, 0.15) is 5.65 Å². The number of aromatic amines is 1. The predicted molar refractivity (Wildman–Crippen MR) is 159 cm³/mol. The van der Waals surface area contributed by atoms with Crippen LogP contribution >= 0.6 is 31.3 Å². The summed E-state index contributed by atoms with van der Waals surface area (Å²) in [6.07, 6.45) is 1.66. The van der Waals surface area contributed by atoms with Gasteiger partial charge in [0, 0.05) is 42.2 Å². The van der Waals surface area contributed by atoms with Gasteiger partial charge in [-0.25, -0.2) is 4.57 Å². The number of nitrogens with two attached hydrogens (primary N) is 1. The van der Waals surface area contributed by atoms with Crippen molar-refractivity contribution in [3.63, 3.8) is 0 Å². The summed E-state index contributed by atoms with van der Waals surface area (Å²) in [4.78, 5) is 43.1. The SMILES string of the molecule is CO[C@@H](CCn1ccc2c(=O)[nH]c(N)nc21)COP(=O)(OCCSC(=O)C(C)(C)C)OCCSC(=O)C(C)(C)C. The molecule has 2 rings (SSSR count). The van der Waals surface area contributed by atoms with Crippen LogP contribution in [0.3, 0.4) is 0 Å². The number of carbonyl (C=O) groups is 2. The quantitative estimate of drug-likeness (QED) is 0.212. The molecule has 0 radical (unpaired) electrons. The molecule has 0 saturated carbocycles. The minimum absolute atomic E-state index is 0.0138. The number of methoxy groups -OCH3 is 1. The second-order valence-corrected chi connectivity index (χ2v) is 14.8. The molecule has 2 aromatic rings. The molecule has 12 nitrogen and oxygen atoms in total. The van der Waals surface area contributed by atoms with Crippen molar-refractivity contribution in [3.05, 3.63) is 22.6 Å². The highest BCUT2D eigenvalue weighted by Gasteiger charge is 2.30. The molecular weight excluding hydrogens is 579 g/mol. The third-order valence-corrected chi connectivity index (χ3v) is 9.40. The van der Waals surface area contributed by atoms with Crippen molar-refractivity contribution in [1.29, 1.82) is 0 Å². The first-order valence-electron chi connectivity index (χ1n) is 12.8. The van der Waals surface area contributed by atoms with Crippen molar-refractivity contribution in [2.75, 3.05) is 44.2 Å². The summed E-state index contributed by atoms with van der Waals surface area (Å²) in [6, 6.07) is 1.65. The first kappa shape index (κ1) is 34.5. The van der Waals surface area contributed by atoms with Gasteiger partial charge in [0.05, 0.1) is 31.3 Å². The van der Waals surface area contributed by atoms with E-state index >= 15 is 0 Å². The summed E-state index contributed by atoms with van der Waals surface area (Å²) < 4.78 is 37.4. The maximum Gasteiger partial charge on any atom is 0.474 e. The average molecular weight is 621 g/mol. The first-order chi connectivity index (χ1) is 18.6. The molecule has 226 valence electrons. The monoisotopic (exact) mass is 620 g/mol. The number of ether oxygens (including phenoxy) is 1. The normalized spacial score (nSPS) is 13.6. The Morgan fingerprint density at radius 3 is 2.10 bits per heavy atom. The van der Waals surface area contributed by atoms with Crippen LogP contribution in [-0.2, 0) is 39.0 Å². The van der Waals surface area contributed by atoms with E-state index in [0.29, 0.717) is 24.0 Å². The second kappa shape index (κ2) is 15.0. The third kappa shape index (κ3) is 11.0. The molecule has 0 fully saturated rings. The molecular formula is C25H41N4O8PS2. The van der Waals surface area contributed by atoms with Crippen molar-refractivity contribution in [2.45, 2.75) is 60.6 Å². The van der Waals surface area contributed by atoms with E-state index in [1.807, 2.05) is 41.5 Å². The zero-order chi connectivity index (χ0) is 30.1. The molecule has 3 N–H and O–H groups in total. The van der Waals surface area contributed by atoms with Gasteiger partial charge in [-0.15, -0.1) is 0 Å². The summed E-state index contributed by atoms with van der Waals surface area (Å²) >= 11 is 2.17. The number of anilines is 1. The largest absolute Gasteiger partial charge is 0.474 e. The van der Waals surface area contributed by atoms with E-state index < -0.39 is 24.8 Å². The first-order valence-corrected chi connectivity index (χ1v) is 16.2. The van der Waals surface area contributed by atoms with Crippen LogP contribution in [0.2, 0.25) is 0 Å². The molecule has 15 heteroatoms. The predicted octanol–water partition coefficient (Wildman–Crippen LogP) is 4.48. The van der Waals surface area contributed by atoms with E-state index in [1.54, 1.807) is 16.8 Å². The van der Waals surface area contributed by atoms with Gasteiger partial charge in [-0.1, -0.05) is 65.1 Å². The number of nitrogens with one attached hydrogen (secondary N) is 1.